The molecule has 2 atom stereocenters. The summed E-state index contributed by atoms with van der Waals surface area (Å²) in [6.45, 7) is 4.65. The zero-order valence-electron chi connectivity index (χ0n) is 6.41. The van der Waals surface area contributed by atoms with Crippen molar-refractivity contribution in [2.24, 2.45) is 5.92 Å². The van der Waals surface area contributed by atoms with E-state index in [1.807, 2.05) is 0 Å². The molecule has 3 radical (unpaired) electrons. The van der Waals surface area contributed by atoms with Crippen LogP contribution in [-0.4, -0.2) is 10.2 Å². The van der Waals surface area contributed by atoms with E-state index in [1.165, 1.54) is 25.7 Å². The van der Waals surface area contributed by atoms with Crippen LogP contribution in [0.15, 0.2) is 0 Å². The van der Waals surface area contributed by atoms with Gasteiger partial charge in [-0.2, -0.15) is 0 Å². The van der Waals surface area contributed by atoms with E-state index in [4.69, 9.17) is 0 Å². The third-order valence-electron chi connectivity index (χ3n) is 2.67. The summed E-state index contributed by atoms with van der Waals surface area (Å²) in [6, 6.07) is 0. The maximum atomic E-state index is 3.81. The highest BCUT2D eigenvalue weighted by Crippen LogP contribution is 2.43. The Morgan fingerprint density at radius 1 is 1.44 bits per heavy atom. The van der Waals surface area contributed by atoms with Crippen molar-refractivity contribution in [3.05, 3.63) is 0 Å². The molecule has 1 fully saturated rings. The fraction of sp³-hybridized carbons (Fsp3) is 1.00. The molecule has 0 amide bonds. The first-order chi connectivity index (χ1) is 4.13. The number of hydrogen-bond donors (Lipinski definition) is 0. The third-order valence-corrected chi connectivity index (χ3v) is 3.41. The molecule has 2 unspecified atom stereocenters. The molecule has 0 bridgehead atoms. The van der Waals surface area contributed by atoms with Crippen molar-refractivity contribution in [2.75, 3.05) is 0 Å². The molecule has 0 saturated heterocycles. The maximum absolute atomic E-state index is 3.81. The second-order valence-electron chi connectivity index (χ2n) is 3.56. The van der Waals surface area contributed by atoms with Gasteiger partial charge in [0.1, 0.15) is 0 Å². The van der Waals surface area contributed by atoms with Gasteiger partial charge in [0.25, 0.3) is 0 Å². The highest BCUT2D eigenvalue weighted by Gasteiger charge is 2.28. The Kier molecular flexibility index (Phi) is 1.99. The SMILES string of the molecule is CC1CCCCC1(C)[Si]. The summed E-state index contributed by atoms with van der Waals surface area (Å²) in [5.74, 6) is 0.864. The van der Waals surface area contributed by atoms with Gasteiger partial charge in [-0.1, -0.05) is 39.5 Å². The lowest BCUT2D eigenvalue weighted by atomic mass is 9.81. The minimum atomic E-state index is 0.443. The Labute approximate surface area is 61.5 Å². The fourth-order valence-corrected chi connectivity index (χ4v) is 1.83. The van der Waals surface area contributed by atoms with Crippen LogP contribution in [0.4, 0.5) is 0 Å². The van der Waals surface area contributed by atoms with Crippen LogP contribution in [0.3, 0.4) is 0 Å². The van der Waals surface area contributed by atoms with E-state index < -0.39 is 0 Å². The Hall–Kier alpha value is 0.217. The molecule has 1 rings (SSSR count). The molecule has 0 aromatic carbocycles. The van der Waals surface area contributed by atoms with E-state index in [9.17, 15) is 0 Å². The molecule has 0 heterocycles. The van der Waals surface area contributed by atoms with Crippen molar-refractivity contribution in [2.45, 2.75) is 44.6 Å². The van der Waals surface area contributed by atoms with Gasteiger partial charge in [-0.05, 0) is 11.0 Å². The van der Waals surface area contributed by atoms with Gasteiger partial charge in [0, 0.05) is 10.2 Å². The Balaban J connectivity index is 2.49. The fourth-order valence-electron chi connectivity index (χ4n) is 1.51. The van der Waals surface area contributed by atoms with Crippen molar-refractivity contribution in [1.29, 1.82) is 0 Å². The van der Waals surface area contributed by atoms with Crippen LogP contribution in [0.25, 0.3) is 0 Å². The van der Waals surface area contributed by atoms with Crippen LogP contribution in [0.2, 0.25) is 5.04 Å². The summed E-state index contributed by atoms with van der Waals surface area (Å²) in [5, 5.41) is 0.443. The van der Waals surface area contributed by atoms with Crippen LogP contribution < -0.4 is 0 Å². The minimum Gasteiger partial charge on any atom is -0.0626 e. The van der Waals surface area contributed by atoms with Crippen LogP contribution in [0.1, 0.15) is 39.5 Å². The van der Waals surface area contributed by atoms with Gasteiger partial charge in [0.2, 0.25) is 0 Å². The summed E-state index contributed by atoms with van der Waals surface area (Å²) in [6.07, 6.45) is 5.59. The summed E-state index contributed by atoms with van der Waals surface area (Å²) in [5.41, 5.74) is 0. The summed E-state index contributed by atoms with van der Waals surface area (Å²) < 4.78 is 0. The largest absolute Gasteiger partial charge is 0.0626 e. The van der Waals surface area contributed by atoms with Crippen molar-refractivity contribution < 1.29 is 0 Å². The minimum absolute atomic E-state index is 0.443. The zero-order chi connectivity index (χ0) is 6.91. The smallest absolute Gasteiger partial charge is 0.0313 e. The normalized spacial score (nSPS) is 45.0. The van der Waals surface area contributed by atoms with Gasteiger partial charge in [-0.25, -0.2) is 0 Å². The molecular weight excluding hydrogens is 124 g/mol. The lowest BCUT2D eigenvalue weighted by molar-refractivity contribution is 0.295. The van der Waals surface area contributed by atoms with E-state index >= 15 is 0 Å². The summed E-state index contributed by atoms with van der Waals surface area (Å²) in [4.78, 5) is 0. The molecule has 1 aliphatic carbocycles. The molecule has 0 nitrogen and oxygen atoms in total. The van der Waals surface area contributed by atoms with Crippen molar-refractivity contribution in [1.82, 2.24) is 0 Å². The predicted molar refractivity (Wildman–Crippen MR) is 41.8 cm³/mol. The molecule has 0 spiro atoms. The summed E-state index contributed by atoms with van der Waals surface area (Å²) in [7, 11) is 3.81. The van der Waals surface area contributed by atoms with E-state index in [-0.39, 0.29) is 0 Å². The Morgan fingerprint density at radius 3 is 2.44 bits per heavy atom. The highest BCUT2D eigenvalue weighted by atomic mass is 28.1. The van der Waals surface area contributed by atoms with Gasteiger partial charge >= 0.3 is 0 Å². The molecule has 0 N–H and O–H groups in total. The van der Waals surface area contributed by atoms with Gasteiger partial charge in [0.15, 0.2) is 0 Å². The number of rotatable bonds is 0. The van der Waals surface area contributed by atoms with Crippen LogP contribution >= 0.6 is 0 Å². The molecule has 9 heavy (non-hydrogen) atoms. The van der Waals surface area contributed by atoms with Crippen molar-refractivity contribution in [3.63, 3.8) is 0 Å². The Morgan fingerprint density at radius 2 is 2.11 bits per heavy atom. The molecular formula is C8H15Si. The van der Waals surface area contributed by atoms with Gasteiger partial charge in [-0.3, -0.25) is 0 Å². The lowest BCUT2D eigenvalue weighted by Gasteiger charge is -2.36. The molecule has 0 aliphatic heterocycles. The van der Waals surface area contributed by atoms with Gasteiger partial charge < -0.3 is 0 Å². The molecule has 51 valence electrons. The van der Waals surface area contributed by atoms with E-state index in [2.05, 4.69) is 24.1 Å². The van der Waals surface area contributed by atoms with Crippen LogP contribution in [-0.2, 0) is 0 Å². The predicted octanol–water partition coefficient (Wildman–Crippen LogP) is 2.54. The Bertz CT molecular complexity index is 96.7. The van der Waals surface area contributed by atoms with Gasteiger partial charge in [0.05, 0.1) is 0 Å². The second kappa shape index (κ2) is 2.45. The van der Waals surface area contributed by atoms with Crippen molar-refractivity contribution in [3.8, 4) is 0 Å². The topological polar surface area (TPSA) is 0 Å². The maximum Gasteiger partial charge on any atom is 0.0313 e. The average Bonchev–Trinajstić information content (AvgIpc) is 1.77. The van der Waals surface area contributed by atoms with Crippen LogP contribution in [0, 0.1) is 5.92 Å². The first-order valence-corrected chi connectivity index (χ1v) is 4.38. The molecule has 1 saturated carbocycles. The first-order valence-electron chi connectivity index (χ1n) is 3.88. The third kappa shape index (κ3) is 1.57. The standard InChI is InChI=1S/C8H15Si/c1-7-5-3-4-6-8(7,2)9/h7H,3-6H2,1-2H3. The van der Waals surface area contributed by atoms with E-state index in [0.29, 0.717) is 5.04 Å². The average molecular weight is 139 g/mol. The van der Waals surface area contributed by atoms with Crippen molar-refractivity contribution >= 4 is 10.2 Å². The quantitative estimate of drug-likeness (QED) is 0.452. The second-order valence-corrected chi connectivity index (χ2v) is 4.71. The van der Waals surface area contributed by atoms with Gasteiger partial charge in [-0.15, -0.1) is 0 Å². The van der Waals surface area contributed by atoms with E-state index in [1.54, 1.807) is 0 Å². The lowest BCUT2D eigenvalue weighted by Crippen LogP contribution is -2.22. The molecule has 1 aliphatic rings. The van der Waals surface area contributed by atoms with Crippen LogP contribution in [0.5, 0.6) is 0 Å². The monoisotopic (exact) mass is 139 g/mol. The molecule has 0 aromatic heterocycles. The molecule has 0 aromatic rings. The number of hydrogen-bond acceptors (Lipinski definition) is 0. The van der Waals surface area contributed by atoms with E-state index in [0.717, 1.165) is 5.92 Å². The molecule has 1 heteroatoms. The highest BCUT2D eigenvalue weighted by molar-refractivity contribution is 6.15. The summed E-state index contributed by atoms with van der Waals surface area (Å²) >= 11 is 0. The first kappa shape index (κ1) is 7.33. The zero-order valence-corrected chi connectivity index (χ0v) is 7.41.